The molecule has 2 rings (SSSR count). The van der Waals surface area contributed by atoms with Crippen LogP contribution in [-0.4, -0.2) is 48.1 Å². The number of Topliss-reactive ketones (excluding diaryl/α,β-unsaturated/α-hetero) is 1. The Kier molecular flexibility index (Phi) is 7.63. The number of hydrogen-bond donors (Lipinski definition) is 2. The maximum atomic E-state index is 12.4. The minimum Gasteiger partial charge on any atom is -0.395 e. The van der Waals surface area contributed by atoms with Crippen molar-refractivity contribution in [3.05, 3.63) is 34.9 Å². The standard InChI is InChI=1S/C15H21ClN2O2.ClH/c16-13-3-1-11(2-4-13)15(20)12-5-7-18(8-6-12)9-14(17)10-19;/h1-4,12,14,19H,5-10,17H2;1H/t14-;/m0./s1. The summed E-state index contributed by atoms with van der Waals surface area (Å²) in [5.74, 6) is 0.283. The topological polar surface area (TPSA) is 66.6 Å². The van der Waals surface area contributed by atoms with Crippen molar-refractivity contribution in [3.8, 4) is 0 Å². The smallest absolute Gasteiger partial charge is 0.166 e. The first kappa shape index (κ1) is 18.4. The number of piperidine rings is 1. The average molecular weight is 333 g/mol. The molecule has 3 N–H and O–H groups in total. The van der Waals surface area contributed by atoms with Crippen molar-refractivity contribution in [3.63, 3.8) is 0 Å². The molecule has 1 atom stereocenters. The highest BCUT2D eigenvalue weighted by molar-refractivity contribution is 6.30. The molecule has 0 spiro atoms. The molecule has 0 bridgehead atoms. The van der Waals surface area contributed by atoms with E-state index in [1.54, 1.807) is 24.3 Å². The van der Waals surface area contributed by atoms with Crippen LogP contribution < -0.4 is 5.73 Å². The number of carbonyl (C=O) groups is 1. The summed E-state index contributed by atoms with van der Waals surface area (Å²) in [5, 5.41) is 9.61. The van der Waals surface area contributed by atoms with Crippen molar-refractivity contribution >= 4 is 29.8 Å². The van der Waals surface area contributed by atoms with Crippen molar-refractivity contribution in [2.24, 2.45) is 11.7 Å². The molecule has 1 fully saturated rings. The number of likely N-dealkylation sites (tertiary alicyclic amines) is 1. The number of hydrogen-bond acceptors (Lipinski definition) is 4. The van der Waals surface area contributed by atoms with Crippen LogP contribution in [0.3, 0.4) is 0 Å². The highest BCUT2D eigenvalue weighted by Crippen LogP contribution is 2.22. The van der Waals surface area contributed by atoms with Crippen LogP contribution in [0.1, 0.15) is 23.2 Å². The van der Waals surface area contributed by atoms with Crippen LogP contribution >= 0.6 is 24.0 Å². The van der Waals surface area contributed by atoms with Crippen LogP contribution in [0.2, 0.25) is 5.02 Å². The molecule has 1 aromatic carbocycles. The minimum absolute atomic E-state index is 0. The number of aliphatic hydroxyl groups excluding tert-OH is 1. The fraction of sp³-hybridized carbons (Fsp3) is 0.533. The van der Waals surface area contributed by atoms with E-state index in [1.807, 2.05) is 0 Å². The lowest BCUT2D eigenvalue weighted by atomic mass is 9.89. The van der Waals surface area contributed by atoms with Crippen LogP contribution in [0, 0.1) is 5.92 Å². The lowest BCUT2D eigenvalue weighted by Gasteiger charge is -2.32. The van der Waals surface area contributed by atoms with E-state index in [9.17, 15) is 4.79 Å². The Bertz CT molecular complexity index is 445. The SMILES string of the molecule is Cl.N[C@H](CO)CN1CCC(C(=O)c2ccc(Cl)cc2)CC1. The van der Waals surface area contributed by atoms with E-state index in [4.69, 9.17) is 22.4 Å². The predicted molar refractivity (Wildman–Crippen MR) is 87.3 cm³/mol. The van der Waals surface area contributed by atoms with Crippen LogP contribution in [0.15, 0.2) is 24.3 Å². The number of aliphatic hydroxyl groups is 1. The molecule has 21 heavy (non-hydrogen) atoms. The second-order valence-corrected chi connectivity index (χ2v) is 5.83. The van der Waals surface area contributed by atoms with Crippen molar-refractivity contribution in [1.82, 2.24) is 4.90 Å². The molecule has 4 nitrogen and oxygen atoms in total. The van der Waals surface area contributed by atoms with Crippen molar-refractivity contribution in [2.75, 3.05) is 26.2 Å². The number of halogens is 2. The Morgan fingerprint density at radius 1 is 1.33 bits per heavy atom. The maximum Gasteiger partial charge on any atom is 0.166 e. The monoisotopic (exact) mass is 332 g/mol. The van der Waals surface area contributed by atoms with E-state index in [2.05, 4.69) is 4.90 Å². The Morgan fingerprint density at radius 2 is 1.90 bits per heavy atom. The molecule has 0 aliphatic carbocycles. The van der Waals surface area contributed by atoms with Gasteiger partial charge in [0.05, 0.1) is 6.61 Å². The second kappa shape index (κ2) is 8.71. The van der Waals surface area contributed by atoms with Crippen molar-refractivity contribution < 1.29 is 9.90 Å². The molecular formula is C15H22Cl2N2O2. The summed E-state index contributed by atoms with van der Waals surface area (Å²) >= 11 is 5.83. The maximum absolute atomic E-state index is 12.4. The zero-order chi connectivity index (χ0) is 14.5. The number of benzene rings is 1. The predicted octanol–water partition coefficient (Wildman–Crippen LogP) is 1.98. The minimum atomic E-state index is -0.196. The average Bonchev–Trinajstić information content (AvgIpc) is 2.48. The Morgan fingerprint density at radius 3 is 2.43 bits per heavy atom. The molecule has 0 aromatic heterocycles. The van der Waals surface area contributed by atoms with Gasteiger partial charge >= 0.3 is 0 Å². The highest BCUT2D eigenvalue weighted by atomic mass is 35.5. The second-order valence-electron chi connectivity index (χ2n) is 5.39. The first-order valence-electron chi connectivity index (χ1n) is 6.98. The van der Waals surface area contributed by atoms with Crippen LogP contribution in [0.4, 0.5) is 0 Å². The Labute approximate surface area is 136 Å². The van der Waals surface area contributed by atoms with Gasteiger partial charge in [-0.1, -0.05) is 11.6 Å². The number of ketones is 1. The quantitative estimate of drug-likeness (QED) is 0.809. The fourth-order valence-electron chi connectivity index (χ4n) is 2.62. The van der Waals surface area contributed by atoms with Gasteiger partial charge in [0, 0.05) is 29.1 Å². The highest BCUT2D eigenvalue weighted by Gasteiger charge is 2.26. The van der Waals surface area contributed by atoms with E-state index >= 15 is 0 Å². The van der Waals surface area contributed by atoms with E-state index < -0.39 is 0 Å². The summed E-state index contributed by atoms with van der Waals surface area (Å²) in [6.45, 7) is 2.41. The molecule has 6 heteroatoms. The summed E-state index contributed by atoms with van der Waals surface area (Å²) in [4.78, 5) is 14.6. The molecule has 0 unspecified atom stereocenters. The number of nitrogens with zero attached hydrogens (tertiary/aromatic N) is 1. The normalized spacial score (nSPS) is 18.0. The molecule has 0 radical (unpaired) electrons. The number of carbonyl (C=O) groups excluding carboxylic acids is 1. The fourth-order valence-corrected chi connectivity index (χ4v) is 2.74. The van der Waals surface area contributed by atoms with Crippen LogP contribution in [-0.2, 0) is 0 Å². The lowest BCUT2D eigenvalue weighted by molar-refractivity contribution is 0.0827. The number of nitrogens with two attached hydrogens (primary N) is 1. The van der Waals surface area contributed by atoms with Gasteiger partial charge in [0.1, 0.15) is 0 Å². The van der Waals surface area contributed by atoms with Gasteiger partial charge in [0.25, 0.3) is 0 Å². The summed E-state index contributed by atoms with van der Waals surface area (Å²) in [6.07, 6.45) is 1.69. The first-order valence-corrected chi connectivity index (χ1v) is 7.36. The number of rotatable bonds is 5. The molecule has 0 amide bonds. The molecule has 1 aromatic rings. The zero-order valence-corrected chi connectivity index (χ0v) is 13.4. The van der Waals surface area contributed by atoms with Gasteiger partial charge in [-0.25, -0.2) is 0 Å². The van der Waals surface area contributed by atoms with Gasteiger partial charge in [-0.15, -0.1) is 12.4 Å². The molecule has 118 valence electrons. The van der Waals surface area contributed by atoms with Gasteiger partial charge in [-0.05, 0) is 50.2 Å². The molecule has 1 aliphatic rings. The summed E-state index contributed by atoms with van der Waals surface area (Å²) < 4.78 is 0. The third kappa shape index (κ3) is 5.24. The van der Waals surface area contributed by atoms with Gasteiger partial charge in [-0.2, -0.15) is 0 Å². The molecule has 1 aliphatic heterocycles. The van der Waals surface area contributed by atoms with Crippen LogP contribution in [0.5, 0.6) is 0 Å². The van der Waals surface area contributed by atoms with Crippen molar-refractivity contribution in [2.45, 2.75) is 18.9 Å². The summed E-state index contributed by atoms with van der Waals surface area (Å²) in [7, 11) is 0. The zero-order valence-electron chi connectivity index (χ0n) is 11.9. The van der Waals surface area contributed by atoms with Crippen molar-refractivity contribution in [1.29, 1.82) is 0 Å². The summed E-state index contributed by atoms with van der Waals surface area (Å²) in [5.41, 5.74) is 6.47. The Hall–Kier alpha value is -0.650. The van der Waals surface area contributed by atoms with Gasteiger partial charge in [-0.3, -0.25) is 4.79 Å². The Balaban J connectivity index is 0.00000220. The third-order valence-corrected chi connectivity index (χ3v) is 4.07. The van der Waals surface area contributed by atoms with Gasteiger partial charge in [0.2, 0.25) is 0 Å². The lowest BCUT2D eigenvalue weighted by Crippen LogP contribution is -2.44. The molecule has 1 saturated heterocycles. The third-order valence-electron chi connectivity index (χ3n) is 3.81. The summed E-state index contributed by atoms with van der Waals surface area (Å²) in [6, 6.07) is 6.89. The molecule has 1 heterocycles. The molecular weight excluding hydrogens is 311 g/mol. The van der Waals surface area contributed by atoms with E-state index in [0.29, 0.717) is 11.6 Å². The largest absolute Gasteiger partial charge is 0.395 e. The van der Waals surface area contributed by atoms with E-state index in [1.165, 1.54) is 0 Å². The van der Waals surface area contributed by atoms with E-state index in [0.717, 1.165) is 31.5 Å². The van der Waals surface area contributed by atoms with E-state index in [-0.39, 0.29) is 36.8 Å². The van der Waals surface area contributed by atoms with Gasteiger partial charge < -0.3 is 15.7 Å². The van der Waals surface area contributed by atoms with Gasteiger partial charge in [0.15, 0.2) is 5.78 Å². The first-order chi connectivity index (χ1) is 9.60. The molecule has 0 saturated carbocycles. The van der Waals surface area contributed by atoms with Crippen LogP contribution in [0.25, 0.3) is 0 Å².